The maximum absolute atomic E-state index is 13.4. The minimum absolute atomic E-state index is 0.00206. The Labute approximate surface area is 177 Å². The van der Waals surface area contributed by atoms with Gasteiger partial charge in [0.1, 0.15) is 5.54 Å². The number of rotatable bonds is 8. The van der Waals surface area contributed by atoms with E-state index in [1.54, 1.807) is 0 Å². The van der Waals surface area contributed by atoms with Gasteiger partial charge in [-0.1, -0.05) is 58.2 Å². The van der Waals surface area contributed by atoms with Gasteiger partial charge in [-0.15, -0.1) is 10.2 Å². The van der Waals surface area contributed by atoms with Gasteiger partial charge in [0.25, 0.3) is 11.1 Å². The Hall–Kier alpha value is -1.41. The van der Waals surface area contributed by atoms with Crippen LogP contribution in [0.15, 0.2) is 9.64 Å². The van der Waals surface area contributed by atoms with Crippen molar-refractivity contribution in [3.63, 3.8) is 0 Å². The first-order valence-electron chi connectivity index (χ1n) is 10.7. The van der Waals surface area contributed by atoms with E-state index >= 15 is 0 Å². The summed E-state index contributed by atoms with van der Waals surface area (Å²) in [5.41, 5.74) is -1.31. The number of Topliss-reactive ketones (excluding diaryl/α,β-unsaturated/α-hetero) is 1. The summed E-state index contributed by atoms with van der Waals surface area (Å²) in [4.78, 5) is 28.5. The maximum atomic E-state index is 13.4. The van der Waals surface area contributed by atoms with Gasteiger partial charge in [-0.05, 0) is 32.9 Å². The zero-order valence-corrected chi connectivity index (χ0v) is 19.1. The minimum atomic E-state index is -0.964. The van der Waals surface area contributed by atoms with Crippen molar-refractivity contribution in [1.82, 2.24) is 20.4 Å². The standard InChI is InChI=1S/C21H34N4O3S/c1-14-20(2,3)21(14,22-17(27)15-10-8-6-7-9-11-15)16(26)18-23-24-19(28-18)29-13-12-25(4)5/h14-15H,6-13H2,1-5H3,(H,22,27). The summed E-state index contributed by atoms with van der Waals surface area (Å²) in [7, 11) is 4.00. The van der Waals surface area contributed by atoms with Gasteiger partial charge in [-0.2, -0.15) is 0 Å². The molecule has 3 rings (SSSR count). The molecule has 0 aliphatic heterocycles. The van der Waals surface area contributed by atoms with Crippen molar-refractivity contribution in [2.24, 2.45) is 17.3 Å². The van der Waals surface area contributed by atoms with Crippen LogP contribution in [-0.2, 0) is 4.79 Å². The van der Waals surface area contributed by atoms with Crippen LogP contribution in [0.4, 0.5) is 0 Å². The van der Waals surface area contributed by atoms with Crippen molar-refractivity contribution in [2.75, 3.05) is 26.4 Å². The highest BCUT2D eigenvalue weighted by Crippen LogP contribution is 2.62. The van der Waals surface area contributed by atoms with Crippen LogP contribution in [0.5, 0.6) is 0 Å². The molecule has 2 aliphatic carbocycles. The lowest BCUT2D eigenvalue weighted by Crippen LogP contribution is -2.49. The SMILES string of the molecule is CC1C(C)(C)C1(NC(=O)C1CCCCCC1)C(=O)c1nnc(SCCN(C)C)o1. The molecular formula is C21H34N4O3S. The van der Waals surface area contributed by atoms with Gasteiger partial charge in [0.2, 0.25) is 11.7 Å². The average Bonchev–Trinajstić information content (AvgIpc) is 2.89. The van der Waals surface area contributed by atoms with Gasteiger partial charge in [0.05, 0.1) is 0 Å². The first-order valence-corrected chi connectivity index (χ1v) is 11.7. The third kappa shape index (κ3) is 4.38. The number of amides is 1. The predicted molar refractivity (Wildman–Crippen MR) is 113 cm³/mol. The molecule has 1 heterocycles. The van der Waals surface area contributed by atoms with E-state index in [-0.39, 0.29) is 34.8 Å². The van der Waals surface area contributed by atoms with E-state index in [1.807, 2.05) is 34.9 Å². The van der Waals surface area contributed by atoms with E-state index in [0.29, 0.717) is 5.22 Å². The van der Waals surface area contributed by atoms with Gasteiger partial charge in [0, 0.05) is 23.6 Å². The van der Waals surface area contributed by atoms with Crippen LogP contribution in [-0.4, -0.2) is 58.7 Å². The zero-order valence-electron chi connectivity index (χ0n) is 18.3. The number of hydrogen-bond acceptors (Lipinski definition) is 7. The van der Waals surface area contributed by atoms with E-state index in [9.17, 15) is 9.59 Å². The Bertz CT molecular complexity index is 740. The van der Waals surface area contributed by atoms with Gasteiger partial charge < -0.3 is 14.6 Å². The number of carbonyl (C=O) groups is 2. The van der Waals surface area contributed by atoms with Crippen molar-refractivity contribution in [3.8, 4) is 0 Å². The van der Waals surface area contributed by atoms with E-state index < -0.39 is 5.54 Å². The third-order valence-corrected chi connectivity index (χ3v) is 7.73. The van der Waals surface area contributed by atoms with Crippen LogP contribution in [0, 0.1) is 17.3 Å². The summed E-state index contributed by atoms with van der Waals surface area (Å²) in [5, 5.41) is 11.6. The lowest BCUT2D eigenvalue weighted by molar-refractivity contribution is -0.126. The fourth-order valence-electron chi connectivity index (χ4n) is 4.52. The fourth-order valence-corrected chi connectivity index (χ4v) is 5.39. The third-order valence-electron chi connectivity index (χ3n) is 6.93. The number of nitrogens with zero attached hydrogens (tertiary/aromatic N) is 3. The molecule has 7 nitrogen and oxygen atoms in total. The number of carbonyl (C=O) groups excluding carboxylic acids is 2. The Balaban J connectivity index is 1.73. The molecule has 29 heavy (non-hydrogen) atoms. The minimum Gasteiger partial charge on any atom is -0.408 e. The van der Waals surface area contributed by atoms with Crippen molar-refractivity contribution in [3.05, 3.63) is 5.89 Å². The highest BCUT2D eigenvalue weighted by Gasteiger charge is 2.75. The molecule has 1 N–H and O–H groups in total. The molecule has 2 aliphatic rings. The highest BCUT2D eigenvalue weighted by atomic mass is 32.2. The quantitative estimate of drug-likeness (QED) is 0.390. The zero-order chi connectivity index (χ0) is 21.2. The van der Waals surface area contributed by atoms with E-state index in [0.717, 1.165) is 38.0 Å². The summed E-state index contributed by atoms with van der Waals surface area (Å²) in [6.07, 6.45) is 6.33. The van der Waals surface area contributed by atoms with Gasteiger partial charge in [-0.25, -0.2) is 0 Å². The van der Waals surface area contributed by atoms with E-state index in [4.69, 9.17) is 4.42 Å². The number of hydrogen-bond donors (Lipinski definition) is 1. The molecule has 2 unspecified atom stereocenters. The van der Waals surface area contributed by atoms with Crippen LogP contribution in [0.3, 0.4) is 0 Å². The molecule has 1 aromatic heterocycles. The summed E-state index contributed by atoms with van der Waals surface area (Å²) in [6, 6.07) is 0. The number of aromatic nitrogens is 2. The molecule has 2 saturated carbocycles. The molecule has 0 aromatic carbocycles. The number of ketones is 1. The lowest BCUT2D eigenvalue weighted by atomic mass is 9.95. The van der Waals surface area contributed by atoms with Crippen LogP contribution < -0.4 is 5.32 Å². The van der Waals surface area contributed by atoms with Crippen molar-refractivity contribution >= 4 is 23.5 Å². The number of nitrogens with one attached hydrogen (secondary N) is 1. The molecule has 1 aromatic rings. The molecule has 162 valence electrons. The second kappa shape index (κ2) is 8.76. The maximum Gasteiger partial charge on any atom is 0.287 e. The van der Waals surface area contributed by atoms with Crippen molar-refractivity contribution in [1.29, 1.82) is 0 Å². The number of thioether (sulfide) groups is 1. The molecule has 1 amide bonds. The average molecular weight is 423 g/mol. The Kier molecular flexibility index (Phi) is 6.73. The molecule has 0 bridgehead atoms. The van der Waals surface area contributed by atoms with Gasteiger partial charge >= 0.3 is 0 Å². The van der Waals surface area contributed by atoms with Crippen LogP contribution in [0.25, 0.3) is 0 Å². The molecular weight excluding hydrogens is 388 g/mol. The molecule has 0 saturated heterocycles. The highest BCUT2D eigenvalue weighted by molar-refractivity contribution is 7.99. The monoisotopic (exact) mass is 422 g/mol. The molecule has 2 fully saturated rings. The van der Waals surface area contributed by atoms with Crippen LogP contribution in [0.1, 0.15) is 70.0 Å². The summed E-state index contributed by atoms with van der Waals surface area (Å²) < 4.78 is 5.66. The van der Waals surface area contributed by atoms with Gasteiger partial charge in [-0.3, -0.25) is 9.59 Å². The normalized spacial score (nSPS) is 26.9. The second-order valence-electron chi connectivity index (χ2n) is 9.28. The lowest BCUT2D eigenvalue weighted by Gasteiger charge is -2.23. The largest absolute Gasteiger partial charge is 0.408 e. The predicted octanol–water partition coefficient (Wildman–Crippen LogP) is 3.41. The molecule has 8 heteroatoms. The molecule has 0 spiro atoms. The fraction of sp³-hybridized carbons (Fsp3) is 0.810. The molecule has 0 radical (unpaired) electrons. The topological polar surface area (TPSA) is 88.3 Å². The summed E-state index contributed by atoms with van der Waals surface area (Å²) in [6.45, 7) is 6.92. The van der Waals surface area contributed by atoms with Gasteiger partial charge in [0.15, 0.2) is 0 Å². The summed E-state index contributed by atoms with van der Waals surface area (Å²) >= 11 is 1.44. The van der Waals surface area contributed by atoms with Crippen molar-refractivity contribution < 1.29 is 14.0 Å². The first-order chi connectivity index (χ1) is 13.7. The van der Waals surface area contributed by atoms with Crippen molar-refractivity contribution in [2.45, 2.75) is 70.1 Å². The van der Waals surface area contributed by atoms with Crippen LogP contribution in [0.2, 0.25) is 0 Å². The molecule has 2 atom stereocenters. The Morgan fingerprint density at radius 2 is 1.79 bits per heavy atom. The second-order valence-corrected chi connectivity index (χ2v) is 10.3. The van der Waals surface area contributed by atoms with E-state index in [1.165, 1.54) is 24.6 Å². The summed E-state index contributed by atoms with van der Waals surface area (Å²) in [5.74, 6) is 0.533. The first kappa shape index (κ1) is 22.3. The van der Waals surface area contributed by atoms with E-state index in [2.05, 4.69) is 20.4 Å². The Morgan fingerprint density at radius 3 is 2.34 bits per heavy atom. The smallest absolute Gasteiger partial charge is 0.287 e. The Morgan fingerprint density at radius 1 is 1.17 bits per heavy atom. The van der Waals surface area contributed by atoms with Crippen LogP contribution >= 0.6 is 11.8 Å².